The Labute approximate surface area is 142 Å². The van der Waals surface area contributed by atoms with Crippen LogP contribution in [0.2, 0.25) is 0 Å². The fourth-order valence-corrected chi connectivity index (χ4v) is 2.38. The van der Waals surface area contributed by atoms with E-state index >= 15 is 0 Å². The van der Waals surface area contributed by atoms with Gasteiger partial charge in [-0.05, 0) is 36.8 Å². The Kier molecular flexibility index (Phi) is 4.17. The number of nitrogens with one attached hydrogen (secondary N) is 1. The number of carbonyl (C=O) groups is 1. The van der Waals surface area contributed by atoms with Crippen molar-refractivity contribution in [2.45, 2.75) is 6.92 Å². The second-order valence-electron chi connectivity index (χ2n) is 5.41. The van der Waals surface area contributed by atoms with Crippen LogP contribution in [0.3, 0.4) is 0 Å². The highest BCUT2D eigenvalue weighted by atomic mass is 16.6. The second-order valence-corrected chi connectivity index (χ2v) is 5.41. The molecule has 1 amide bonds. The molecule has 0 saturated heterocycles. The van der Waals surface area contributed by atoms with Crippen molar-refractivity contribution < 1.29 is 14.8 Å². The van der Waals surface area contributed by atoms with Crippen LogP contribution < -0.4 is 5.32 Å². The Hall–Kier alpha value is -3.68. The summed E-state index contributed by atoms with van der Waals surface area (Å²) < 4.78 is 1.49. The molecule has 0 bridgehead atoms. The van der Waals surface area contributed by atoms with Gasteiger partial charge in [0.15, 0.2) is 0 Å². The van der Waals surface area contributed by atoms with Gasteiger partial charge in [-0.2, -0.15) is 0 Å². The molecule has 0 saturated carbocycles. The first-order valence-electron chi connectivity index (χ1n) is 7.33. The lowest BCUT2D eigenvalue weighted by molar-refractivity contribution is -0.384. The Morgan fingerprint density at radius 2 is 2.08 bits per heavy atom. The number of carbonyl (C=O) groups excluding carboxylic acids is 1. The van der Waals surface area contributed by atoms with Gasteiger partial charge in [0.25, 0.3) is 11.6 Å². The minimum atomic E-state index is -0.559. The molecule has 8 heteroatoms. The van der Waals surface area contributed by atoms with E-state index in [1.807, 2.05) is 6.92 Å². The molecular weight excluding hydrogens is 324 g/mol. The number of rotatable bonds is 4. The third-order valence-corrected chi connectivity index (χ3v) is 3.62. The van der Waals surface area contributed by atoms with Crippen LogP contribution in [0.5, 0.6) is 5.75 Å². The highest BCUT2D eigenvalue weighted by molar-refractivity contribution is 6.05. The van der Waals surface area contributed by atoms with E-state index in [9.17, 15) is 20.0 Å². The molecule has 0 spiro atoms. The van der Waals surface area contributed by atoms with Gasteiger partial charge in [-0.15, -0.1) is 0 Å². The lowest BCUT2D eigenvalue weighted by atomic mass is 10.1. The van der Waals surface area contributed by atoms with Crippen LogP contribution in [0.1, 0.15) is 15.9 Å². The summed E-state index contributed by atoms with van der Waals surface area (Å²) in [5.74, 6) is -0.635. The smallest absolute Gasteiger partial charge is 0.294 e. The van der Waals surface area contributed by atoms with Crippen molar-refractivity contribution in [3.63, 3.8) is 0 Å². The molecule has 0 radical (unpaired) electrons. The van der Waals surface area contributed by atoms with Crippen molar-refractivity contribution in [3.05, 3.63) is 76.4 Å². The predicted molar refractivity (Wildman–Crippen MR) is 91.0 cm³/mol. The van der Waals surface area contributed by atoms with Crippen molar-refractivity contribution in [2.75, 3.05) is 5.32 Å². The number of amides is 1. The lowest BCUT2D eigenvalue weighted by Gasteiger charge is -2.09. The zero-order chi connectivity index (χ0) is 18.0. The standard InChI is InChI=1S/C17H14N4O4/c1-11-2-5-16(22)13(8-11)19-17(23)12-3-4-14(15(9-12)21(24)25)20-7-6-18-10-20/h2-10,22H,1H3,(H,19,23). The molecule has 8 nitrogen and oxygen atoms in total. The van der Waals surface area contributed by atoms with E-state index in [0.717, 1.165) is 5.56 Å². The summed E-state index contributed by atoms with van der Waals surface area (Å²) >= 11 is 0. The van der Waals surface area contributed by atoms with E-state index in [-0.39, 0.29) is 22.7 Å². The number of hydrogen-bond donors (Lipinski definition) is 2. The van der Waals surface area contributed by atoms with Crippen molar-refractivity contribution in [2.24, 2.45) is 0 Å². The Balaban J connectivity index is 1.95. The minimum absolute atomic E-state index is 0.0801. The third-order valence-electron chi connectivity index (χ3n) is 3.62. The van der Waals surface area contributed by atoms with Crippen molar-refractivity contribution in [1.82, 2.24) is 9.55 Å². The Bertz CT molecular complexity index is 951. The number of imidazole rings is 1. The summed E-state index contributed by atoms with van der Waals surface area (Å²) in [4.78, 5) is 27.0. The molecule has 0 aliphatic rings. The predicted octanol–water partition coefficient (Wildman–Crippen LogP) is 3.05. The molecule has 0 fully saturated rings. The average molecular weight is 338 g/mol. The number of nitrogens with zero attached hydrogens (tertiary/aromatic N) is 3. The zero-order valence-electron chi connectivity index (χ0n) is 13.2. The molecule has 2 N–H and O–H groups in total. The number of benzene rings is 2. The number of anilines is 1. The molecule has 0 unspecified atom stereocenters. The van der Waals surface area contributed by atoms with E-state index in [1.165, 1.54) is 41.4 Å². The maximum absolute atomic E-state index is 12.4. The molecule has 0 atom stereocenters. The second kappa shape index (κ2) is 6.44. The van der Waals surface area contributed by atoms with E-state index in [2.05, 4.69) is 10.3 Å². The number of phenols is 1. The summed E-state index contributed by atoms with van der Waals surface area (Å²) in [6.45, 7) is 1.82. The van der Waals surface area contributed by atoms with Gasteiger partial charge >= 0.3 is 0 Å². The largest absolute Gasteiger partial charge is 0.506 e. The molecule has 126 valence electrons. The van der Waals surface area contributed by atoms with E-state index < -0.39 is 10.8 Å². The SMILES string of the molecule is Cc1ccc(O)c(NC(=O)c2ccc(-n3ccnc3)c([N+](=O)[O-])c2)c1. The lowest BCUT2D eigenvalue weighted by Crippen LogP contribution is -2.13. The van der Waals surface area contributed by atoms with Crippen molar-refractivity contribution in [3.8, 4) is 11.4 Å². The molecule has 0 aliphatic carbocycles. The fourth-order valence-electron chi connectivity index (χ4n) is 2.38. The number of hydrogen-bond acceptors (Lipinski definition) is 5. The highest BCUT2D eigenvalue weighted by Gasteiger charge is 2.19. The maximum Gasteiger partial charge on any atom is 0.294 e. The first-order chi connectivity index (χ1) is 12.0. The Morgan fingerprint density at radius 1 is 1.28 bits per heavy atom. The summed E-state index contributed by atoms with van der Waals surface area (Å²) in [5.41, 5.74) is 1.29. The van der Waals surface area contributed by atoms with Crippen LogP contribution >= 0.6 is 0 Å². The number of nitro benzene ring substituents is 1. The topological polar surface area (TPSA) is 110 Å². The molecule has 1 heterocycles. The van der Waals surface area contributed by atoms with E-state index in [4.69, 9.17) is 0 Å². The first kappa shape index (κ1) is 16.2. The first-order valence-corrected chi connectivity index (χ1v) is 7.33. The molecule has 25 heavy (non-hydrogen) atoms. The number of aromatic hydroxyl groups is 1. The van der Waals surface area contributed by atoms with Gasteiger partial charge in [0.05, 0.1) is 16.9 Å². The van der Waals surface area contributed by atoms with E-state index in [1.54, 1.807) is 18.3 Å². The highest BCUT2D eigenvalue weighted by Crippen LogP contribution is 2.27. The van der Waals surface area contributed by atoms with Crippen molar-refractivity contribution >= 4 is 17.3 Å². The van der Waals surface area contributed by atoms with Gasteiger partial charge in [-0.25, -0.2) is 4.98 Å². The fraction of sp³-hybridized carbons (Fsp3) is 0.0588. The van der Waals surface area contributed by atoms with Gasteiger partial charge in [0.2, 0.25) is 0 Å². The number of aromatic nitrogens is 2. The van der Waals surface area contributed by atoms with Gasteiger partial charge in [0.1, 0.15) is 11.4 Å². The molecule has 1 aromatic heterocycles. The number of aryl methyl sites for hydroxylation is 1. The van der Waals surface area contributed by atoms with Crippen LogP contribution in [0.4, 0.5) is 11.4 Å². The van der Waals surface area contributed by atoms with Gasteiger partial charge in [0, 0.05) is 24.0 Å². The van der Waals surface area contributed by atoms with Crippen LogP contribution in [0.15, 0.2) is 55.1 Å². The Morgan fingerprint density at radius 3 is 2.76 bits per heavy atom. The minimum Gasteiger partial charge on any atom is -0.506 e. The summed E-state index contributed by atoms with van der Waals surface area (Å²) in [5, 5.41) is 23.7. The summed E-state index contributed by atoms with van der Waals surface area (Å²) in [7, 11) is 0. The number of phenolic OH excluding ortho intramolecular Hbond substituents is 1. The number of nitro groups is 1. The quantitative estimate of drug-likeness (QED) is 0.431. The van der Waals surface area contributed by atoms with Gasteiger partial charge < -0.3 is 15.0 Å². The van der Waals surface area contributed by atoms with Gasteiger partial charge in [-0.1, -0.05) is 6.07 Å². The van der Waals surface area contributed by atoms with Crippen LogP contribution in [0.25, 0.3) is 5.69 Å². The average Bonchev–Trinajstić information content (AvgIpc) is 3.12. The molecule has 2 aromatic carbocycles. The molecule has 3 rings (SSSR count). The third kappa shape index (κ3) is 3.32. The zero-order valence-corrected chi connectivity index (χ0v) is 13.2. The summed E-state index contributed by atoms with van der Waals surface area (Å²) in [6, 6.07) is 8.93. The maximum atomic E-state index is 12.4. The van der Waals surface area contributed by atoms with E-state index in [0.29, 0.717) is 5.69 Å². The summed E-state index contributed by atoms with van der Waals surface area (Å²) in [6.07, 6.45) is 4.52. The van der Waals surface area contributed by atoms with Crippen LogP contribution in [0, 0.1) is 17.0 Å². The van der Waals surface area contributed by atoms with Crippen LogP contribution in [-0.4, -0.2) is 25.5 Å². The molecule has 0 aliphatic heterocycles. The molecule has 3 aromatic rings. The van der Waals surface area contributed by atoms with Gasteiger partial charge in [-0.3, -0.25) is 14.9 Å². The van der Waals surface area contributed by atoms with Crippen LogP contribution in [-0.2, 0) is 0 Å². The normalized spacial score (nSPS) is 10.4. The monoisotopic (exact) mass is 338 g/mol. The molecular formula is C17H14N4O4. The van der Waals surface area contributed by atoms with Crippen molar-refractivity contribution in [1.29, 1.82) is 0 Å².